The van der Waals surface area contributed by atoms with Gasteiger partial charge in [-0.3, -0.25) is 4.79 Å². The number of anilines is 1. The van der Waals surface area contributed by atoms with Crippen LogP contribution < -0.4 is 5.32 Å². The minimum absolute atomic E-state index is 0.0416. The van der Waals surface area contributed by atoms with Gasteiger partial charge in [-0.2, -0.15) is 0 Å². The van der Waals surface area contributed by atoms with Crippen LogP contribution >= 0.6 is 11.6 Å². The smallest absolute Gasteiger partial charge is 0.227 e. The van der Waals surface area contributed by atoms with Crippen molar-refractivity contribution in [2.45, 2.75) is 13.3 Å². The van der Waals surface area contributed by atoms with Gasteiger partial charge in [0.15, 0.2) is 0 Å². The standard InChI is InChI=1S/C11H12ClNO2/c1-6-4-8(6)11(15)13-9-5-7(12)2-3-10(9)14/h2-3,5-6,8,14H,4H2,1H3,(H,13,15). The fourth-order valence-corrected chi connectivity index (χ4v) is 1.69. The van der Waals surface area contributed by atoms with Crippen molar-refractivity contribution in [1.82, 2.24) is 0 Å². The number of benzene rings is 1. The van der Waals surface area contributed by atoms with Crippen molar-refractivity contribution in [3.63, 3.8) is 0 Å². The molecule has 1 aromatic rings. The average molecular weight is 226 g/mol. The Labute approximate surface area is 93.1 Å². The number of phenols is 1. The van der Waals surface area contributed by atoms with E-state index in [1.807, 2.05) is 6.92 Å². The zero-order valence-corrected chi connectivity index (χ0v) is 9.08. The van der Waals surface area contributed by atoms with Gasteiger partial charge >= 0.3 is 0 Å². The Morgan fingerprint density at radius 2 is 2.27 bits per heavy atom. The summed E-state index contributed by atoms with van der Waals surface area (Å²) in [5.41, 5.74) is 0.381. The molecule has 15 heavy (non-hydrogen) atoms. The summed E-state index contributed by atoms with van der Waals surface area (Å²) < 4.78 is 0. The van der Waals surface area contributed by atoms with Crippen LogP contribution in [0.5, 0.6) is 5.75 Å². The molecule has 2 N–H and O–H groups in total. The molecule has 1 aromatic carbocycles. The zero-order chi connectivity index (χ0) is 11.0. The second-order valence-corrected chi connectivity index (χ2v) is 4.41. The first kappa shape index (κ1) is 10.3. The van der Waals surface area contributed by atoms with Crippen molar-refractivity contribution < 1.29 is 9.90 Å². The predicted molar refractivity (Wildman–Crippen MR) is 59.0 cm³/mol. The van der Waals surface area contributed by atoms with E-state index in [4.69, 9.17) is 11.6 Å². The van der Waals surface area contributed by atoms with Crippen molar-refractivity contribution in [3.8, 4) is 5.75 Å². The van der Waals surface area contributed by atoms with Crippen LogP contribution in [0.2, 0.25) is 5.02 Å². The number of carbonyl (C=O) groups excluding carboxylic acids is 1. The predicted octanol–water partition coefficient (Wildman–Crippen LogP) is 2.64. The maximum atomic E-state index is 11.6. The number of nitrogens with one attached hydrogen (secondary N) is 1. The van der Waals surface area contributed by atoms with Gasteiger partial charge in [0, 0.05) is 10.9 Å². The molecular weight excluding hydrogens is 214 g/mol. The fraction of sp³-hybridized carbons (Fsp3) is 0.364. The molecule has 2 rings (SSSR count). The summed E-state index contributed by atoms with van der Waals surface area (Å²) in [5.74, 6) is 0.538. The Kier molecular flexibility index (Phi) is 2.57. The van der Waals surface area contributed by atoms with Crippen molar-refractivity contribution in [3.05, 3.63) is 23.2 Å². The number of rotatable bonds is 2. The minimum Gasteiger partial charge on any atom is -0.506 e. The monoisotopic (exact) mass is 225 g/mol. The van der Waals surface area contributed by atoms with Crippen LogP contribution in [0.25, 0.3) is 0 Å². The van der Waals surface area contributed by atoms with Gasteiger partial charge in [-0.15, -0.1) is 0 Å². The molecule has 0 heterocycles. The van der Waals surface area contributed by atoms with Crippen LogP contribution in [0, 0.1) is 11.8 Å². The summed E-state index contributed by atoms with van der Waals surface area (Å²) in [5, 5.41) is 12.6. The number of aromatic hydroxyl groups is 1. The Morgan fingerprint density at radius 1 is 1.60 bits per heavy atom. The minimum atomic E-state index is -0.0416. The first-order valence-corrected chi connectivity index (χ1v) is 5.25. The molecular formula is C11H12ClNO2. The molecule has 3 nitrogen and oxygen atoms in total. The third kappa shape index (κ3) is 2.23. The van der Waals surface area contributed by atoms with Gasteiger partial charge in [-0.1, -0.05) is 18.5 Å². The second-order valence-electron chi connectivity index (χ2n) is 3.97. The fourth-order valence-electron chi connectivity index (χ4n) is 1.52. The summed E-state index contributed by atoms with van der Waals surface area (Å²) in [6.07, 6.45) is 0.924. The van der Waals surface area contributed by atoms with Gasteiger partial charge in [0.1, 0.15) is 5.75 Å². The Hall–Kier alpha value is -1.22. The Morgan fingerprint density at radius 3 is 2.87 bits per heavy atom. The molecule has 0 bridgehead atoms. The highest BCUT2D eigenvalue weighted by Gasteiger charge is 2.39. The third-order valence-electron chi connectivity index (χ3n) is 2.66. The van der Waals surface area contributed by atoms with Crippen molar-refractivity contribution >= 4 is 23.2 Å². The molecule has 0 spiro atoms. The molecule has 1 fully saturated rings. The topological polar surface area (TPSA) is 49.3 Å². The zero-order valence-electron chi connectivity index (χ0n) is 8.33. The molecule has 0 aliphatic heterocycles. The molecule has 2 unspecified atom stereocenters. The van der Waals surface area contributed by atoms with Crippen LogP contribution in [0.3, 0.4) is 0 Å². The lowest BCUT2D eigenvalue weighted by atomic mass is 10.2. The van der Waals surface area contributed by atoms with E-state index in [2.05, 4.69) is 5.32 Å². The maximum absolute atomic E-state index is 11.6. The first-order valence-electron chi connectivity index (χ1n) is 4.87. The number of amides is 1. The number of phenolic OH excluding ortho intramolecular Hbond substituents is 1. The van der Waals surface area contributed by atoms with Crippen molar-refractivity contribution in [2.75, 3.05) is 5.32 Å². The largest absolute Gasteiger partial charge is 0.506 e. The summed E-state index contributed by atoms with van der Waals surface area (Å²) in [4.78, 5) is 11.6. The van der Waals surface area contributed by atoms with Gasteiger partial charge in [0.2, 0.25) is 5.91 Å². The quantitative estimate of drug-likeness (QED) is 0.761. The molecule has 0 aromatic heterocycles. The lowest BCUT2D eigenvalue weighted by Gasteiger charge is -2.06. The molecule has 1 aliphatic carbocycles. The molecule has 4 heteroatoms. The number of hydrogen-bond donors (Lipinski definition) is 2. The summed E-state index contributed by atoms with van der Waals surface area (Å²) in [7, 11) is 0. The van der Waals surface area contributed by atoms with E-state index in [0.29, 0.717) is 16.6 Å². The molecule has 0 radical (unpaired) electrons. The van der Waals surface area contributed by atoms with E-state index in [-0.39, 0.29) is 17.6 Å². The van der Waals surface area contributed by atoms with Crippen LogP contribution in [0.1, 0.15) is 13.3 Å². The maximum Gasteiger partial charge on any atom is 0.227 e. The van der Waals surface area contributed by atoms with E-state index in [1.54, 1.807) is 12.1 Å². The van der Waals surface area contributed by atoms with Crippen molar-refractivity contribution in [1.29, 1.82) is 0 Å². The highest BCUT2D eigenvalue weighted by atomic mass is 35.5. The molecule has 80 valence electrons. The Balaban J connectivity index is 2.10. The molecule has 1 amide bonds. The number of hydrogen-bond acceptors (Lipinski definition) is 2. The van der Waals surface area contributed by atoms with Crippen molar-refractivity contribution in [2.24, 2.45) is 11.8 Å². The number of carbonyl (C=O) groups is 1. The Bertz CT molecular complexity index is 406. The summed E-state index contributed by atoms with van der Waals surface area (Å²) >= 11 is 5.76. The molecule has 1 saturated carbocycles. The molecule has 1 aliphatic rings. The van der Waals surface area contributed by atoms with Gasteiger partial charge in [0.05, 0.1) is 5.69 Å². The van der Waals surface area contributed by atoms with E-state index >= 15 is 0 Å². The van der Waals surface area contributed by atoms with Crippen LogP contribution in [0.15, 0.2) is 18.2 Å². The van der Waals surface area contributed by atoms with Gasteiger partial charge in [-0.25, -0.2) is 0 Å². The molecule has 0 saturated heterocycles. The lowest BCUT2D eigenvalue weighted by Crippen LogP contribution is -2.14. The number of halogens is 1. The third-order valence-corrected chi connectivity index (χ3v) is 2.90. The van der Waals surface area contributed by atoms with E-state index in [0.717, 1.165) is 6.42 Å². The van der Waals surface area contributed by atoms with E-state index in [1.165, 1.54) is 6.07 Å². The highest BCUT2D eigenvalue weighted by molar-refractivity contribution is 6.31. The average Bonchev–Trinajstić information content (AvgIpc) is 2.89. The van der Waals surface area contributed by atoms with Gasteiger partial charge < -0.3 is 10.4 Å². The van der Waals surface area contributed by atoms with Crippen LogP contribution in [0.4, 0.5) is 5.69 Å². The lowest BCUT2D eigenvalue weighted by molar-refractivity contribution is -0.117. The molecule has 2 atom stereocenters. The normalized spacial score (nSPS) is 23.6. The van der Waals surface area contributed by atoms with Gasteiger partial charge in [-0.05, 0) is 30.5 Å². The summed E-state index contributed by atoms with van der Waals surface area (Å²) in [6.45, 7) is 2.03. The first-order chi connectivity index (χ1) is 7.08. The second kappa shape index (κ2) is 3.74. The SMILES string of the molecule is CC1CC1C(=O)Nc1cc(Cl)ccc1O. The van der Waals surface area contributed by atoms with E-state index in [9.17, 15) is 9.90 Å². The highest BCUT2D eigenvalue weighted by Crippen LogP contribution is 2.39. The van der Waals surface area contributed by atoms with E-state index < -0.39 is 0 Å². The van der Waals surface area contributed by atoms with Crippen LogP contribution in [-0.2, 0) is 4.79 Å². The van der Waals surface area contributed by atoms with Gasteiger partial charge in [0.25, 0.3) is 0 Å². The van der Waals surface area contributed by atoms with Crippen LogP contribution in [-0.4, -0.2) is 11.0 Å². The summed E-state index contributed by atoms with van der Waals surface area (Å²) in [6, 6.07) is 4.59.